The molecule has 0 heterocycles. The van der Waals surface area contributed by atoms with Crippen molar-refractivity contribution >= 4 is 17.9 Å². The maximum Gasteiger partial charge on any atom is 0.307 e. The summed E-state index contributed by atoms with van der Waals surface area (Å²) in [6.07, 6.45) is 9.17. The first kappa shape index (κ1) is 29.3. The Morgan fingerprint density at radius 3 is 1.77 bits per heavy atom. The first-order valence-electron chi connectivity index (χ1n) is 11.6. The molecule has 0 saturated carbocycles. The number of rotatable bonds is 20. The Bertz CT molecular complexity index is 517. The molecule has 0 aliphatic rings. The number of esters is 1. The van der Waals surface area contributed by atoms with Gasteiger partial charge >= 0.3 is 17.9 Å². The number of aliphatic hydroxyl groups excluding tert-OH is 1. The van der Waals surface area contributed by atoms with Crippen molar-refractivity contribution < 1.29 is 38.9 Å². The van der Waals surface area contributed by atoms with E-state index in [-0.39, 0.29) is 19.3 Å². The van der Waals surface area contributed by atoms with E-state index in [4.69, 9.17) is 14.9 Å². The summed E-state index contributed by atoms with van der Waals surface area (Å²) in [4.78, 5) is 33.4. The van der Waals surface area contributed by atoms with Crippen LogP contribution in [0.2, 0.25) is 0 Å². The van der Waals surface area contributed by atoms with Crippen molar-refractivity contribution in [3.63, 3.8) is 0 Å². The van der Waals surface area contributed by atoms with Crippen LogP contribution in [-0.2, 0) is 19.1 Å². The first-order chi connectivity index (χ1) is 14.5. The van der Waals surface area contributed by atoms with E-state index in [1.165, 1.54) is 0 Å². The molecular weight excluding hydrogens is 402 g/mol. The summed E-state index contributed by atoms with van der Waals surface area (Å²) in [7, 11) is 5.75. The van der Waals surface area contributed by atoms with Crippen LogP contribution in [0.5, 0.6) is 0 Å². The molecule has 2 unspecified atom stereocenters. The van der Waals surface area contributed by atoms with Crippen LogP contribution in [0.15, 0.2) is 0 Å². The lowest BCUT2D eigenvalue weighted by Gasteiger charge is -2.28. The third kappa shape index (κ3) is 21.4. The molecule has 2 atom stereocenters. The van der Waals surface area contributed by atoms with E-state index in [2.05, 4.69) is 0 Å². The van der Waals surface area contributed by atoms with Crippen molar-refractivity contribution in [3.8, 4) is 0 Å². The highest BCUT2D eigenvalue weighted by Gasteiger charge is 2.24. The van der Waals surface area contributed by atoms with Crippen molar-refractivity contribution in [1.29, 1.82) is 0 Å². The zero-order valence-electron chi connectivity index (χ0n) is 19.7. The minimum absolute atomic E-state index is 0.187. The summed E-state index contributed by atoms with van der Waals surface area (Å²) in [6.45, 7) is 0.434. The monoisotopic (exact) mass is 446 g/mol. The summed E-state index contributed by atoms with van der Waals surface area (Å²) in [5.74, 6) is -2.12. The van der Waals surface area contributed by atoms with E-state index < -0.39 is 30.1 Å². The van der Waals surface area contributed by atoms with E-state index in [1.807, 2.05) is 21.1 Å². The van der Waals surface area contributed by atoms with Gasteiger partial charge < -0.3 is 24.5 Å². The number of carboxylic acids is 2. The number of hydrogen-bond donors (Lipinski definition) is 3. The summed E-state index contributed by atoms with van der Waals surface area (Å²) in [6, 6.07) is 0. The molecule has 0 radical (unpaired) electrons. The number of carbonyl (C=O) groups is 3. The highest BCUT2D eigenvalue weighted by molar-refractivity contribution is 5.71. The van der Waals surface area contributed by atoms with E-state index >= 15 is 0 Å². The van der Waals surface area contributed by atoms with Crippen LogP contribution >= 0.6 is 0 Å². The smallest absolute Gasteiger partial charge is 0.307 e. The van der Waals surface area contributed by atoms with Gasteiger partial charge in [-0.25, -0.2) is 0 Å². The number of carboxylic acid groups (broad SMARTS) is 2. The van der Waals surface area contributed by atoms with Gasteiger partial charge in [0, 0.05) is 12.8 Å². The molecule has 0 aromatic carbocycles. The van der Waals surface area contributed by atoms with Crippen LogP contribution in [0.1, 0.15) is 89.9 Å². The second kappa shape index (κ2) is 17.0. The predicted molar refractivity (Wildman–Crippen MR) is 119 cm³/mol. The maximum atomic E-state index is 12.0. The summed E-state index contributed by atoms with van der Waals surface area (Å²) < 4.78 is 5.85. The van der Waals surface area contributed by atoms with E-state index in [0.717, 1.165) is 57.8 Å². The van der Waals surface area contributed by atoms with Crippen molar-refractivity contribution in [2.45, 2.75) is 102 Å². The van der Waals surface area contributed by atoms with Crippen LogP contribution < -0.4 is 0 Å². The third-order valence-electron chi connectivity index (χ3n) is 5.05. The summed E-state index contributed by atoms with van der Waals surface area (Å²) >= 11 is 0. The van der Waals surface area contributed by atoms with Gasteiger partial charge in [0.05, 0.1) is 33.7 Å². The van der Waals surface area contributed by atoms with Gasteiger partial charge in [0.25, 0.3) is 0 Å². The first-order valence-corrected chi connectivity index (χ1v) is 11.6. The Morgan fingerprint density at radius 2 is 1.26 bits per heavy atom. The number of aliphatic carboxylic acids is 2. The molecular formula is C23H44NO7+. The molecule has 31 heavy (non-hydrogen) atoms. The molecule has 0 spiro atoms. The van der Waals surface area contributed by atoms with Gasteiger partial charge in [-0.2, -0.15) is 0 Å². The van der Waals surface area contributed by atoms with E-state index in [9.17, 15) is 19.5 Å². The molecule has 8 nitrogen and oxygen atoms in total. The quantitative estimate of drug-likeness (QED) is 0.148. The average molecular weight is 447 g/mol. The number of carbonyl (C=O) groups excluding carboxylic acids is 1. The van der Waals surface area contributed by atoms with Gasteiger partial charge in [-0.15, -0.1) is 0 Å². The Balaban J connectivity index is 3.76. The topological polar surface area (TPSA) is 121 Å². The third-order valence-corrected chi connectivity index (χ3v) is 5.05. The SMILES string of the molecule is C[N+](C)(C)CC(CC(=O)O)OC(=O)CCCC(O)CCCCCCCCCCC(=O)O. The fourth-order valence-electron chi connectivity index (χ4n) is 3.54. The van der Waals surface area contributed by atoms with Gasteiger partial charge in [-0.1, -0.05) is 44.9 Å². The van der Waals surface area contributed by atoms with Crippen LogP contribution in [0.4, 0.5) is 0 Å². The predicted octanol–water partition coefficient (Wildman–Crippen LogP) is 3.60. The minimum atomic E-state index is -0.986. The lowest BCUT2D eigenvalue weighted by molar-refractivity contribution is -0.873. The minimum Gasteiger partial charge on any atom is -0.481 e. The van der Waals surface area contributed by atoms with Gasteiger partial charge in [0.2, 0.25) is 0 Å². The fourth-order valence-corrected chi connectivity index (χ4v) is 3.54. The Labute approximate surface area is 187 Å². The normalized spacial score (nSPS) is 13.5. The number of aliphatic hydroxyl groups is 1. The molecule has 0 aliphatic carbocycles. The van der Waals surface area contributed by atoms with Crippen LogP contribution in [-0.4, -0.2) is 77.6 Å². The van der Waals surface area contributed by atoms with Gasteiger partial charge in [0.15, 0.2) is 6.10 Å². The molecule has 0 aromatic rings. The second-order valence-corrected chi connectivity index (χ2v) is 9.49. The van der Waals surface area contributed by atoms with Crippen molar-refractivity contribution in [2.24, 2.45) is 0 Å². The molecule has 3 N–H and O–H groups in total. The molecule has 0 amide bonds. The molecule has 0 fully saturated rings. The lowest BCUT2D eigenvalue weighted by atomic mass is 10.0. The molecule has 8 heteroatoms. The summed E-state index contributed by atoms with van der Waals surface area (Å²) in [5, 5.41) is 27.7. The number of unbranched alkanes of at least 4 members (excludes halogenated alkanes) is 7. The molecule has 182 valence electrons. The molecule has 0 bridgehead atoms. The molecule has 0 aromatic heterocycles. The van der Waals surface area contributed by atoms with Crippen LogP contribution in [0.25, 0.3) is 0 Å². The lowest BCUT2D eigenvalue weighted by Crippen LogP contribution is -2.43. The molecule has 0 saturated heterocycles. The van der Waals surface area contributed by atoms with Crippen LogP contribution in [0.3, 0.4) is 0 Å². The zero-order chi connectivity index (χ0) is 23.7. The van der Waals surface area contributed by atoms with E-state index in [1.54, 1.807) is 0 Å². The highest BCUT2D eigenvalue weighted by Crippen LogP contribution is 2.14. The highest BCUT2D eigenvalue weighted by atomic mass is 16.5. The van der Waals surface area contributed by atoms with Gasteiger partial charge in [0.1, 0.15) is 6.54 Å². The summed E-state index contributed by atoms with van der Waals surface area (Å²) in [5.41, 5.74) is 0. The van der Waals surface area contributed by atoms with Crippen LogP contribution in [0, 0.1) is 0 Å². The Morgan fingerprint density at radius 1 is 0.742 bits per heavy atom. The number of nitrogens with zero attached hydrogens (tertiary/aromatic N) is 1. The second-order valence-electron chi connectivity index (χ2n) is 9.49. The maximum absolute atomic E-state index is 12.0. The number of quaternary nitrogens is 1. The molecule has 0 aliphatic heterocycles. The van der Waals surface area contributed by atoms with Gasteiger partial charge in [-0.05, 0) is 25.7 Å². The van der Waals surface area contributed by atoms with Crippen molar-refractivity contribution in [1.82, 2.24) is 0 Å². The largest absolute Gasteiger partial charge is 0.481 e. The number of ether oxygens (including phenoxy) is 1. The number of likely N-dealkylation sites (N-methyl/N-ethyl adjacent to an activating group) is 1. The van der Waals surface area contributed by atoms with Gasteiger partial charge in [-0.3, -0.25) is 14.4 Å². The van der Waals surface area contributed by atoms with E-state index in [0.29, 0.717) is 23.9 Å². The zero-order valence-corrected chi connectivity index (χ0v) is 19.7. The van der Waals surface area contributed by atoms with Crippen molar-refractivity contribution in [2.75, 3.05) is 27.7 Å². The molecule has 0 rings (SSSR count). The number of hydrogen-bond acceptors (Lipinski definition) is 5. The van der Waals surface area contributed by atoms with Crippen molar-refractivity contribution in [3.05, 3.63) is 0 Å². The Hall–Kier alpha value is -1.67. The average Bonchev–Trinajstić information content (AvgIpc) is 2.60. The standard InChI is InChI=1S/C23H43NO7/c1-24(2,3)18-20(17-22(28)29)31-23(30)16-12-14-19(25)13-10-8-6-4-5-7-9-11-15-21(26)27/h19-20,25H,4-18H2,1-3H3,(H-,26,27,28,29)/p+1. The Kier molecular flexibility index (Phi) is 16.0. The fraction of sp³-hybridized carbons (Fsp3) is 0.870.